The van der Waals surface area contributed by atoms with E-state index >= 15 is 0 Å². The molecule has 0 saturated heterocycles. The van der Waals surface area contributed by atoms with Crippen LogP contribution in [0.25, 0.3) is 0 Å². The molecule has 0 saturated carbocycles. The average molecular weight is 301 g/mol. The molecule has 0 unspecified atom stereocenters. The van der Waals surface area contributed by atoms with Crippen molar-refractivity contribution in [2.75, 3.05) is 12.8 Å². The van der Waals surface area contributed by atoms with Crippen molar-refractivity contribution in [1.82, 2.24) is 5.32 Å². The van der Waals surface area contributed by atoms with E-state index in [1.54, 1.807) is 6.26 Å². The smallest absolute Gasteiger partial charge is 0.0498 e. The van der Waals surface area contributed by atoms with Crippen molar-refractivity contribution < 1.29 is 4.21 Å². The van der Waals surface area contributed by atoms with Crippen LogP contribution in [0.3, 0.4) is 0 Å². The Morgan fingerprint density at radius 2 is 1.71 bits per heavy atom. The fourth-order valence-corrected chi connectivity index (χ4v) is 2.84. The molecule has 2 nitrogen and oxygen atoms in total. The van der Waals surface area contributed by atoms with Gasteiger partial charge in [-0.1, -0.05) is 42.5 Å². The lowest BCUT2D eigenvalue weighted by Gasteiger charge is -2.14. The summed E-state index contributed by atoms with van der Waals surface area (Å²) in [6.07, 6.45) is 3.94. The molecule has 2 aromatic rings. The molecule has 21 heavy (non-hydrogen) atoms. The molecule has 0 spiro atoms. The Labute approximate surface area is 130 Å². The summed E-state index contributed by atoms with van der Waals surface area (Å²) < 4.78 is 11.4. The van der Waals surface area contributed by atoms with Crippen LogP contribution in [0.2, 0.25) is 0 Å². The van der Waals surface area contributed by atoms with Crippen LogP contribution in [0.5, 0.6) is 0 Å². The van der Waals surface area contributed by atoms with Crippen molar-refractivity contribution in [3.8, 4) is 0 Å². The Hall–Kier alpha value is -1.45. The van der Waals surface area contributed by atoms with Gasteiger partial charge in [0.25, 0.3) is 0 Å². The van der Waals surface area contributed by atoms with Crippen LogP contribution in [0.15, 0.2) is 59.5 Å². The second kappa shape index (κ2) is 8.11. The number of benzene rings is 2. The molecular formula is C18H23NOS. The summed E-state index contributed by atoms with van der Waals surface area (Å²) in [5.74, 6) is 0. The molecule has 0 heterocycles. The van der Waals surface area contributed by atoms with E-state index in [2.05, 4.69) is 54.7 Å². The highest BCUT2D eigenvalue weighted by Crippen LogP contribution is 2.15. The van der Waals surface area contributed by atoms with Crippen molar-refractivity contribution in [1.29, 1.82) is 0 Å². The first-order chi connectivity index (χ1) is 10.2. The minimum absolute atomic E-state index is 0.320. The summed E-state index contributed by atoms with van der Waals surface area (Å²) in [4.78, 5) is 0.884. The van der Waals surface area contributed by atoms with Crippen molar-refractivity contribution in [3.63, 3.8) is 0 Å². The van der Waals surface area contributed by atoms with Gasteiger partial charge < -0.3 is 5.32 Å². The van der Waals surface area contributed by atoms with Gasteiger partial charge in [0.05, 0.1) is 0 Å². The molecule has 2 rings (SSSR count). The van der Waals surface area contributed by atoms with Gasteiger partial charge in [0.1, 0.15) is 0 Å². The van der Waals surface area contributed by atoms with Gasteiger partial charge in [-0.25, -0.2) is 0 Å². The summed E-state index contributed by atoms with van der Waals surface area (Å²) in [6.45, 7) is 3.16. The summed E-state index contributed by atoms with van der Waals surface area (Å²) in [5.41, 5.74) is 2.63. The van der Waals surface area contributed by atoms with Gasteiger partial charge in [-0.2, -0.15) is 0 Å². The predicted molar refractivity (Wildman–Crippen MR) is 90.0 cm³/mol. The molecule has 0 aliphatic rings. The van der Waals surface area contributed by atoms with Crippen molar-refractivity contribution in [2.45, 2.75) is 30.7 Å². The van der Waals surface area contributed by atoms with Gasteiger partial charge in [0.2, 0.25) is 0 Å². The lowest BCUT2D eigenvalue weighted by molar-refractivity contribution is 0.558. The van der Waals surface area contributed by atoms with Crippen LogP contribution in [0.1, 0.15) is 30.5 Å². The summed E-state index contributed by atoms with van der Waals surface area (Å²) in [6, 6.07) is 18.9. The Morgan fingerprint density at radius 1 is 1.05 bits per heavy atom. The predicted octanol–water partition coefficient (Wildman–Crippen LogP) is 3.71. The molecule has 3 heteroatoms. The van der Waals surface area contributed by atoms with Gasteiger partial charge >= 0.3 is 0 Å². The van der Waals surface area contributed by atoms with Crippen LogP contribution >= 0.6 is 0 Å². The molecule has 0 aromatic heterocycles. The molecule has 0 aliphatic heterocycles. The molecule has 0 fully saturated rings. The standard InChI is InChI=1S/C18H23NOS/c1-15(17-10-12-18(13-11-17)21(2)20)19-14-6-9-16-7-4-3-5-8-16/h3-5,7-8,10-13,15,19H,6,9,14H2,1-2H3/t15-,21+/m0/s1. The minimum Gasteiger partial charge on any atom is -0.310 e. The van der Waals surface area contributed by atoms with Crippen LogP contribution < -0.4 is 5.32 Å². The number of nitrogens with one attached hydrogen (secondary N) is 1. The van der Waals surface area contributed by atoms with Crippen molar-refractivity contribution >= 4 is 10.8 Å². The Kier molecular flexibility index (Phi) is 6.15. The maximum Gasteiger partial charge on any atom is 0.0498 e. The molecule has 0 amide bonds. The highest BCUT2D eigenvalue weighted by atomic mass is 32.2. The normalized spacial score (nSPS) is 13.8. The van der Waals surface area contributed by atoms with Gasteiger partial charge in [-0.3, -0.25) is 4.21 Å². The van der Waals surface area contributed by atoms with Crippen LogP contribution in [-0.2, 0) is 17.2 Å². The molecule has 2 atom stereocenters. The highest BCUT2D eigenvalue weighted by Gasteiger charge is 2.05. The van der Waals surface area contributed by atoms with Gasteiger partial charge in [0, 0.05) is 28.0 Å². The Bertz CT molecular complexity index is 566. The first-order valence-corrected chi connectivity index (χ1v) is 8.93. The van der Waals surface area contributed by atoms with Crippen LogP contribution in [0.4, 0.5) is 0 Å². The third kappa shape index (κ3) is 5.10. The molecular weight excluding hydrogens is 278 g/mol. The zero-order valence-electron chi connectivity index (χ0n) is 12.7. The largest absolute Gasteiger partial charge is 0.310 e. The fraction of sp³-hybridized carbons (Fsp3) is 0.333. The van der Waals surface area contributed by atoms with E-state index in [9.17, 15) is 4.21 Å². The highest BCUT2D eigenvalue weighted by molar-refractivity contribution is 7.84. The second-order valence-corrected chi connectivity index (χ2v) is 6.67. The lowest BCUT2D eigenvalue weighted by Crippen LogP contribution is -2.20. The lowest BCUT2D eigenvalue weighted by atomic mass is 10.1. The van der Waals surface area contributed by atoms with E-state index in [1.165, 1.54) is 11.1 Å². The summed E-state index contributed by atoms with van der Waals surface area (Å²) >= 11 is 0. The first kappa shape index (κ1) is 15.9. The zero-order valence-corrected chi connectivity index (χ0v) is 13.5. The third-order valence-corrected chi connectivity index (χ3v) is 4.58. The van der Waals surface area contributed by atoms with E-state index in [-0.39, 0.29) is 0 Å². The Balaban J connectivity index is 1.76. The Morgan fingerprint density at radius 3 is 2.33 bits per heavy atom. The monoisotopic (exact) mass is 301 g/mol. The number of aryl methyl sites for hydroxylation is 1. The average Bonchev–Trinajstić information content (AvgIpc) is 2.52. The molecule has 0 aliphatic carbocycles. The van der Waals surface area contributed by atoms with Gasteiger partial charge in [-0.15, -0.1) is 0 Å². The number of hydrogen-bond acceptors (Lipinski definition) is 2. The molecule has 112 valence electrons. The van der Waals surface area contributed by atoms with Crippen LogP contribution in [-0.4, -0.2) is 17.0 Å². The molecule has 0 radical (unpaired) electrons. The minimum atomic E-state index is -0.899. The summed E-state index contributed by atoms with van der Waals surface area (Å²) in [5, 5.41) is 3.54. The fourth-order valence-electron chi connectivity index (χ4n) is 2.32. The second-order valence-electron chi connectivity index (χ2n) is 5.29. The topological polar surface area (TPSA) is 29.1 Å². The molecule has 0 bridgehead atoms. The number of rotatable bonds is 7. The summed E-state index contributed by atoms with van der Waals surface area (Å²) in [7, 11) is -0.899. The van der Waals surface area contributed by atoms with Gasteiger partial charge in [0.15, 0.2) is 0 Å². The van der Waals surface area contributed by atoms with Crippen molar-refractivity contribution in [2.24, 2.45) is 0 Å². The SMILES string of the molecule is C[C@H](NCCCc1ccccc1)c1ccc([S@@](C)=O)cc1. The number of hydrogen-bond donors (Lipinski definition) is 1. The molecule has 2 aromatic carbocycles. The third-order valence-electron chi connectivity index (χ3n) is 3.65. The zero-order chi connectivity index (χ0) is 15.1. The first-order valence-electron chi connectivity index (χ1n) is 7.37. The quantitative estimate of drug-likeness (QED) is 0.790. The van der Waals surface area contributed by atoms with E-state index in [1.807, 2.05) is 12.1 Å². The van der Waals surface area contributed by atoms with Crippen molar-refractivity contribution in [3.05, 3.63) is 65.7 Å². The van der Waals surface area contributed by atoms with E-state index < -0.39 is 10.8 Å². The molecule has 1 N–H and O–H groups in total. The van der Waals surface area contributed by atoms with Crippen LogP contribution in [0, 0.1) is 0 Å². The van der Waals surface area contributed by atoms with E-state index in [0.29, 0.717) is 6.04 Å². The van der Waals surface area contributed by atoms with E-state index in [4.69, 9.17) is 0 Å². The maximum atomic E-state index is 11.4. The maximum absolute atomic E-state index is 11.4. The van der Waals surface area contributed by atoms with Gasteiger partial charge in [-0.05, 0) is 49.6 Å². The van der Waals surface area contributed by atoms with E-state index in [0.717, 1.165) is 24.3 Å².